The van der Waals surface area contributed by atoms with E-state index in [1.807, 2.05) is 54.6 Å². The second kappa shape index (κ2) is 9.80. The van der Waals surface area contributed by atoms with E-state index in [2.05, 4.69) is 72.8 Å². The van der Waals surface area contributed by atoms with Crippen LogP contribution in [0.2, 0.25) is 0 Å². The number of esters is 1. The zero-order valence-corrected chi connectivity index (χ0v) is 20.3. The first-order valence-corrected chi connectivity index (χ1v) is 16.0. The van der Waals surface area contributed by atoms with E-state index in [0.717, 1.165) is 9.15 Å². The van der Waals surface area contributed by atoms with Crippen molar-refractivity contribution in [1.82, 2.24) is 0 Å². The quantitative estimate of drug-likeness (QED) is 0.223. The maximum absolute atomic E-state index is 13.4. The number of hydrogen-bond acceptors (Lipinski definition) is 2. The van der Waals surface area contributed by atoms with Crippen molar-refractivity contribution in [2.45, 2.75) is 0 Å². The summed E-state index contributed by atoms with van der Waals surface area (Å²) in [6.45, 7) is 0. The molecule has 0 saturated heterocycles. The van der Waals surface area contributed by atoms with Gasteiger partial charge in [0.05, 0.1) is 0 Å². The number of methoxy groups -OCH3 is 1. The summed E-state index contributed by atoms with van der Waals surface area (Å²) in [5.41, 5.74) is 0.992. The zero-order valence-electron chi connectivity index (χ0n) is 17.4. The predicted octanol–water partition coefficient (Wildman–Crippen LogP) is 3.95. The molecule has 4 aromatic carbocycles. The minimum atomic E-state index is -4.01. The van der Waals surface area contributed by atoms with Gasteiger partial charge in [-0.15, -0.1) is 0 Å². The summed E-state index contributed by atoms with van der Waals surface area (Å²) in [6.07, 6.45) is 2.04. The Balaban J connectivity index is 2.15. The van der Waals surface area contributed by atoms with Crippen LogP contribution < -0.4 is 10.7 Å². The Labute approximate surface area is 187 Å². The third-order valence-corrected chi connectivity index (χ3v) is 19.1. The second-order valence-electron chi connectivity index (χ2n) is 7.31. The number of carbonyl (C=O) groups excluding carboxylic acids is 1. The van der Waals surface area contributed by atoms with Crippen LogP contribution in [0.5, 0.6) is 0 Å². The summed E-state index contributed by atoms with van der Waals surface area (Å²) in [5, 5.41) is 0. The van der Waals surface area contributed by atoms with Crippen molar-refractivity contribution in [3.05, 3.63) is 130 Å². The van der Waals surface area contributed by atoms with Crippen LogP contribution in [0.15, 0.2) is 125 Å². The fourth-order valence-electron chi connectivity index (χ4n) is 4.18. The van der Waals surface area contributed by atoms with Crippen LogP contribution >= 0.6 is 0 Å². The van der Waals surface area contributed by atoms with Gasteiger partial charge >= 0.3 is 188 Å². The molecule has 0 atom stereocenters. The number of ether oxygens (including phenoxy) is 1. The monoisotopic (exact) mass is 512 g/mol. The van der Waals surface area contributed by atoms with Gasteiger partial charge in [-0.05, 0) is 0 Å². The van der Waals surface area contributed by atoms with E-state index in [9.17, 15) is 4.79 Å². The van der Waals surface area contributed by atoms with Crippen molar-refractivity contribution < 1.29 is 9.53 Å². The zero-order chi connectivity index (χ0) is 21.5. The Morgan fingerprint density at radius 3 is 1.32 bits per heavy atom. The Morgan fingerprint density at radius 2 is 0.968 bits per heavy atom. The van der Waals surface area contributed by atoms with Crippen LogP contribution in [0.1, 0.15) is 5.56 Å². The molecule has 0 saturated carbocycles. The van der Waals surface area contributed by atoms with E-state index in [1.165, 1.54) is 17.8 Å². The number of benzene rings is 4. The molecule has 152 valence electrons. The molecule has 4 rings (SSSR count). The molecular weight excluding hydrogens is 487 g/mol. The van der Waals surface area contributed by atoms with Gasteiger partial charge in [-0.25, -0.2) is 0 Å². The molecule has 0 bridgehead atoms. The van der Waals surface area contributed by atoms with E-state index in [4.69, 9.17) is 4.74 Å². The summed E-state index contributed by atoms with van der Waals surface area (Å²) in [4.78, 5) is 13.4. The standard InChI is InChI=1S/C10H9O2.3C6H5.Sn/c1-12-10(11)8-7-9-5-3-2-4-6-9;3*1-2-4-6-5-3-1;/h2-7H,1H3;3*1-5H;. The van der Waals surface area contributed by atoms with Gasteiger partial charge in [-0.1, -0.05) is 0 Å². The van der Waals surface area contributed by atoms with E-state index >= 15 is 0 Å². The number of rotatable bonds is 6. The molecule has 0 unspecified atom stereocenters. The van der Waals surface area contributed by atoms with Crippen LogP contribution in [0.25, 0.3) is 6.08 Å². The third kappa shape index (κ3) is 4.21. The SMILES string of the molecule is COC(=O)/[C](=C/c1ccccc1)[Sn]([c]1ccccc1)([c]1ccccc1)[c]1ccccc1. The molecule has 0 heterocycles. The Bertz CT molecular complexity index is 1060. The molecule has 4 aromatic rings. The van der Waals surface area contributed by atoms with Crippen molar-refractivity contribution in [3.8, 4) is 0 Å². The van der Waals surface area contributed by atoms with Gasteiger partial charge in [0.25, 0.3) is 0 Å². The van der Waals surface area contributed by atoms with E-state index in [0.29, 0.717) is 0 Å². The van der Waals surface area contributed by atoms with Crippen LogP contribution in [0.3, 0.4) is 0 Å². The second-order valence-corrected chi connectivity index (χ2v) is 18.1. The van der Waals surface area contributed by atoms with Crippen LogP contribution in [-0.4, -0.2) is 31.5 Å². The van der Waals surface area contributed by atoms with Crippen LogP contribution in [-0.2, 0) is 9.53 Å². The average molecular weight is 511 g/mol. The van der Waals surface area contributed by atoms with Gasteiger partial charge in [0.15, 0.2) is 0 Å². The maximum atomic E-state index is 13.4. The molecule has 0 N–H and O–H groups in total. The molecule has 3 heteroatoms. The fourth-order valence-corrected chi connectivity index (χ4v) is 17.9. The molecule has 0 spiro atoms. The van der Waals surface area contributed by atoms with Gasteiger partial charge in [0.1, 0.15) is 0 Å². The topological polar surface area (TPSA) is 26.3 Å². The minimum absolute atomic E-state index is 0.267. The molecule has 0 amide bonds. The summed E-state index contributed by atoms with van der Waals surface area (Å²) < 4.78 is 9.80. The van der Waals surface area contributed by atoms with Gasteiger partial charge in [0.2, 0.25) is 0 Å². The molecule has 0 aliphatic carbocycles. The average Bonchev–Trinajstić information content (AvgIpc) is 2.86. The molecule has 0 fully saturated rings. The summed E-state index contributed by atoms with van der Waals surface area (Å²) in [6, 6.07) is 41.4. The van der Waals surface area contributed by atoms with Crippen molar-refractivity contribution in [2.24, 2.45) is 0 Å². The Morgan fingerprint density at radius 1 is 0.613 bits per heavy atom. The van der Waals surface area contributed by atoms with Crippen molar-refractivity contribution in [2.75, 3.05) is 7.11 Å². The molecule has 2 nitrogen and oxygen atoms in total. The van der Waals surface area contributed by atoms with Gasteiger partial charge in [0, 0.05) is 0 Å². The number of hydrogen-bond donors (Lipinski definition) is 0. The fraction of sp³-hybridized carbons (Fsp3) is 0.0357. The van der Waals surface area contributed by atoms with E-state index in [1.54, 1.807) is 0 Å². The molecule has 0 aromatic heterocycles. The molecule has 0 aliphatic rings. The molecule has 31 heavy (non-hydrogen) atoms. The van der Waals surface area contributed by atoms with Crippen LogP contribution in [0.4, 0.5) is 0 Å². The van der Waals surface area contributed by atoms with Gasteiger partial charge in [-0.3, -0.25) is 0 Å². The van der Waals surface area contributed by atoms with Crippen molar-refractivity contribution in [3.63, 3.8) is 0 Å². The normalized spacial score (nSPS) is 11.7. The number of carbonyl (C=O) groups is 1. The van der Waals surface area contributed by atoms with Crippen LogP contribution in [0, 0.1) is 0 Å². The Hall–Kier alpha value is -3.11. The molecule has 0 aliphatic heterocycles. The van der Waals surface area contributed by atoms with Gasteiger partial charge < -0.3 is 0 Å². The summed E-state index contributed by atoms with van der Waals surface area (Å²) in [7, 11) is 1.47. The van der Waals surface area contributed by atoms with Crippen molar-refractivity contribution >= 4 is 41.2 Å². The first-order valence-electron chi connectivity index (χ1n) is 10.3. The molecular formula is C28H24O2Sn. The first kappa shape index (κ1) is 21.1. The van der Waals surface area contributed by atoms with Gasteiger partial charge in [-0.2, -0.15) is 0 Å². The summed E-state index contributed by atoms with van der Waals surface area (Å²) >= 11 is -4.01. The predicted molar refractivity (Wildman–Crippen MR) is 130 cm³/mol. The first-order chi connectivity index (χ1) is 15.3. The summed E-state index contributed by atoms with van der Waals surface area (Å²) in [5.74, 6) is -0.267. The third-order valence-electron chi connectivity index (χ3n) is 5.54. The molecule has 0 radical (unpaired) electrons. The van der Waals surface area contributed by atoms with E-state index < -0.39 is 18.4 Å². The van der Waals surface area contributed by atoms with Crippen molar-refractivity contribution in [1.29, 1.82) is 0 Å². The Kier molecular flexibility index (Phi) is 6.68. The van der Waals surface area contributed by atoms with E-state index in [-0.39, 0.29) is 5.97 Å².